The summed E-state index contributed by atoms with van der Waals surface area (Å²) in [7, 11) is -12.0. The molecule has 10 rings (SSSR count). The minimum atomic E-state index is -6.00. The van der Waals surface area contributed by atoms with E-state index >= 15 is 0 Å². The van der Waals surface area contributed by atoms with Crippen LogP contribution in [0.15, 0.2) is 243 Å². The van der Waals surface area contributed by atoms with Crippen molar-refractivity contribution in [2.45, 2.75) is 51.4 Å². The van der Waals surface area contributed by atoms with E-state index in [0.29, 0.717) is 0 Å². The van der Waals surface area contributed by atoms with Gasteiger partial charge in [0.2, 0.25) is 0 Å². The van der Waals surface area contributed by atoms with Crippen LogP contribution in [-0.4, -0.2) is 14.5 Å². The molecule has 0 amide bonds. The first-order chi connectivity index (χ1) is 34.9. The van der Waals surface area contributed by atoms with Crippen molar-refractivity contribution in [1.82, 2.24) is 0 Å². The van der Waals surface area contributed by atoms with Gasteiger partial charge in [-0.15, -0.1) is 0 Å². The fourth-order valence-electron chi connectivity index (χ4n) is 8.29. The van der Waals surface area contributed by atoms with Crippen LogP contribution in [0.2, 0.25) is 0 Å². The molecule has 8 aromatic rings. The maximum absolute atomic E-state index is 9.75. The molecule has 0 heterocycles. The van der Waals surface area contributed by atoms with Gasteiger partial charge in [-0.1, -0.05) is 182 Å². The number of anilines is 6. The fourth-order valence-corrected chi connectivity index (χ4v) is 8.29. The maximum atomic E-state index is 9.75. The van der Waals surface area contributed by atoms with Crippen molar-refractivity contribution in [3.8, 4) is 11.1 Å². The third-order valence-corrected chi connectivity index (χ3v) is 11.3. The Hall–Kier alpha value is -6.34. The van der Waals surface area contributed by atoms with Crippen LogP contribution in [-0.2, 0) is 39.0 Å². The molecule has 8 aromatic carbocycles. The zero-order valence-electron chi connectivity index (χ0n) is 40.5. The summed E-state index contributed by atoms with van der Waals surface area (Å²) < 4.78 is 78.0. The first-order valence-electron chi connectivity index (χ1n) is 24.1. The molecule has 0 bridgehead atoms. The summed E-state index contributed by atoms with van der Waals surface area (Å²) in [4.78, 5) is 4.78. The molecular formula is C60H56B2F8N2Rh2-2. The van der Waals surface area contributed by atoms with Crippen LogP contribution >= 0.6 is 0 Å². The molecule has 74 heavy (non-hydrogen) atoms. The third kappa shape index (κ3) is 19.8. The minimum Gasteiger partial charge on any atom is -0.418 e. The Balaban J connectivity index is 0.000000347. The van der Waals surface area contributed by atoms with Gasteiger partial charge in [0.1, 0.15) is 0 Å². The Morgan fingerprint density at radius 2 is 0.459 bits per heavy atom. The van der Waals surface area contributed by atoms with E-state index in [1.54, 1.807) is 0 Å². The molecule has 0 atom stereocenters. The molecule has 0 N–H and O–H groups in total. The van der Waals surface area contributed by atoms with Crippen molar-refractivity contribution >= 4 is 70.2 Å². The van der Waals surface area contributed by atoms with Crippen LogP contribution in [0.5, 0.6) is 0 Å². The quantitative estimate of drug-likeness (QED) is 0.0891. The van der Waals surface area contributed by atoms with Crippen LogP contribution < -0.4 is 9.80 Å². The molecule has 14 heteroatoms. The number of allylic oxidation sites excluding steroid dienone is 8. The van der Waals surface area contributed by atoms with Gasteiger partial charge in [0.05, 0.1) is 11.4 Å². The van der Waals surface area contributed by atoms with E-state index in [9.17, 15) is 34.5 Å². The van der Waals surface area contributed by atoms with E-state index < -0.39 is 14.5 Å². The minimum absolute atomic E-state index is 0. The first kappa shape index (κ1) is 60.2. The van der Waals surface area contributed by atoms with Crippen molar-refractivity contribution in [3.63, 3.8) is 0 Å². The number of rotatable bonds is 7. The number of halogens is 8. The van der Waals surface area contributed by atoms with Crippen molar-refractivity contribution in [3.05, 3.63) is 243 Å². The second kappa shape index (κ2) is 31.4. The smallest absolute Gasteiger partial charge is 0.418 e. The first-order valence-corrected chi connectivity index (χ1v) is 24.1. The summed E-state index contributed by atoms with van der Waals surface area (Å²) in [6, 6.07) is 69.4. The number of hydrogen-bond donors (Lipinski definition) is 0. The number of hydrogen-bond acceptors (Lipinski definition) is 2. The fraction of sp³-hybridized carbons (Fsp3) is 0.133. The van der Waals surface area contributed by atoms with Crippen LogP contribution in [0.4, 0.5) is 68.6 Å². The monoisotopic (exact) mass is 1180 g/mol. The summed E-state index contributed by atoms with van der Waals surface area (Å²) in [5.74, 6) is 0. The molecule has 2 radical (unpaired) electrons. The third-order valence-electron chi connectivity index (χ3n) is 11.3. The molecule has 0 spiro atoms. The maximum Gasteiger partial charge on any atom is 0.673 e. The van der Waals surface area contributed by atoms with Crippen molar-refractivity contribution in [1.29, 1.82) is 0 Å². The molecule has 0 saturated carbocycles. The van der Waals surface area contributed by atoms with E-state index in [2.05, 4.69) is 253 Å². The summed E-state index contributed by atoms with van der Waals surface area (Å²) in [5, 5.41) is 4.81. The van der Waals surface area contributed by atoms with E-state index in [4.69, 9.17) is 0 Å². The van der Waals surface area contributed by atoms with Gasteiger partial charge in [0.15, 0.2) is 0 Å². The predicted octanol–water partition coefficient (Wildman–Crippen LogP) is 20.5. The molecule has 0 unspecified atom stereocenters. The topological polar surface area (TPSA) is 6.48 Å². The van der Waals surface area contributed by atoms with Gasteiger partial charge in [-0.05, 0) is 134 Å². The zero-order valence-corrected chi connectivity index (χ0v) is 43.8. The Morgan fingerprint density at radius 3 is 0.689 bits per heavy atom. The zero-order chi connectivity index (χ0) is 51.0. The Morgan fingerprint density at radius 1 is 0.257 bits per heavy atom. The number of nitrogens with zero attached hydrogens (tertiary/aromatic N) is 2. The number of fused-ring (bicyclic) bond motifs is 2. The summed E-state index contributed by atoms with van der Waals surface area (Å²) >= 11 is 0. The average Bonchev–Trinajstić information content (AvgIpc) is 3.35. The molecule has 0 saturated heterocycles. The van der Waals surface area contributed by atoms with E-state index in [0.717, 1.165) is 34.1 Å². The summed E-state index contributed by atoms with van der Waals surface area (Å²) in [6.45, 7) is 0. The Labute approximate surface area is 455 Å². The van der Waals surface area contributed by atoms with Gasteiger partial charge in [0, 0.05) is 72.8 Å². The van der Waals surface area contributed by atoms with Crippen LogP contribution in [0, 0.1) is 0 Å². The van der Waals surface area contributed by atoms with Gasteiger partial charge >= 0.3 is 14.5 Å². The Bertz CT molecular complexity index is 2640. The Kier molecular flexibility index (Phi) is 25.6. The molecule has 0 aromatic heterocycles. The molecule has 2 nitrogen and oxygen atoms in total. The molecular weight excluding hydrogens is 1130 g/mol. The molecule has 0 aliphatic heterocycles. The van der Waals surface area contributed by atoms with Crippen molar-refractivity contribution in [2.75, 3.05) is 9.80 Å². The average molecular weight is 1180 g/mol. The van der Waals surface area contributed by atoms with Gasteiger partial charge in [-0.3, -0.25) is 0 Å². The van der Waals surface area contributed by atoms with Gasteiger partial charge < -0.3 is 44.3 Å². The van der Waals surface area contributed by atoms with Crippen molar-refractivity contribution < 1.29 is 73.5 Å². The number of para-hydroxylation sites is 4. The largest absolute Gasteiger partial charge is 0.673 e. The second-order valence-corrected chi connectivity index (χ2v) is 16.6. The number of benzene rings is 8. The standard InChI is InChI=1S/C44H32N2.2C8H12.2BF4.2Rh/c1-5-19-35(20-6-1)45(36-21-7-2-8-22-36)41-31-29-33-17-13-15-27-39(33)43(41)44-40-28-16-14-18-34(40)30-32-42(44)46(37-23-9-3-10-24-37)38-25-11-4-12-26-38;2*1-2-4-6-8-7-5-3-1;2*2-1(3,4)5;;/h1-32H;2*1-2,7-8H,3-6H2;;;;/q;;;2*-1;;/b;2*2-1-,8-7-;;;;. The van der Waals surface area contributed by atoms with E-state index in [-0.39, 0.29) is 39.0 Å². The molecule has 0 fully saturated rings. The van der Waals surface area contributed by atoms with Gasteiger partial charge in [-0.2, -0.15) is 0 Å². The van der Waals surface area contributed by atoms with Gasteiger partial charge in [-0.25, -0.2) is 0 Å². The summed E-state index contributed by atoms with van der Waals surface area (Å²) in [5.41, 5.74) is 9.04. The SMILES string of the molecule is C1=C\CC/C=C\CC/1.C1=C\CC/C=C\CC/1.F[B-](F)(F)F.F[B-](F)(F)F.[Rh].[Rh].c1ccc(N(c2ccccc2)c2ccc3ccccc3c2-c2c(N(c3ccccc3)c3ccccc3)ccc3ccccc23)cc1. The second-order valence-electron chi connectivity index (χ2n) is 16.6. The van der Waals surface area contributed by atoms with Crippen LogP contribution in [0.1, 0.15) is 51.4 Å². The molecule has 2 aliphatic rings. The van der Waals surface area contributed by atoms with Crippen LogP contribution in [0.25, 0.3) is 32.7 Å². The van der Waals surface area contributed by atoms with E-state index in [1.807, 2.05) is 0 Å². The predicted molar refractivity (Wildman–Crippen MR) is 290 cm³/mol. The molecule has 388 valence electrons. The summed E-state index contributed by atoms with van der Waals surface area (Å²) in [6.07, 6.45) is 28.0. The van der Waals surface area contributed by atoms with Crippen LogP contribution in [0.3, 0.4) is 0 Å². The van der Waals surface area contributed by atoms with E-state index in [1.165, 1.54) is 84.0 Å². The molecule has 2 aliphatic carbocycles. The van der Waals surface area contributed by atoms with Crippen molar-refractivity contribution in [2.24, 2.45) is 0 Å². The van der Waals surface area contributed by atoms with Gasteiger partial charge in [0.25, 0.3) is 0 Å². The normalized spacial score (nSPS) is 14.5.